The third-order valence-corrected chi connectivity index (χ3v) is 5.07. The molecule has 3 nitrogen and oxygen atoms in total. The molecule has 0 heterocycles. The molecule has 1 atom stereocenters. The number of carbonyl (C=O) groups excluding carboxylic acids is 1. The fourth-order valence-electron chi connectivity index (χ4n) is 2.66. The molecule has 0 aliphatic rings. The van der Waals surface area contributed by atoms with Gasteiger partial charge in [-0.05, 0) is 55.9 Å². The number of hydrogen-bond donors (Lipinski definition) is 0. The smallest absolute Gasteiger partial charge is 0.308 e. The number of carbonyl (C=O) groups is 1. The highest BCUT2D eigenvalue weighted by molar-refractivity contribution is 6.69. The van der Waals surface area contributed by atoms with Gasteiger partial charge in [0.25, 0.3) is 0 Å². The van der Waals surface area contributed by atoms with Gasteiger partial charge in [0.1, 0.15) is 6.10 Å². The van der Waals surface area contributed by atoms with E-state index in [1.807, 2.05) is 12.1 Å². The van der Waals surface area contributed by atoms with Crippen LogP contribution in [0, 0.1) is 0 Å². The molecule has 0 saturated carbocycles. The minimum atomic E-state index is -1.61. The Morgan fingerprint density at radius 1 is 1.08 bits per heavy atom. The standard InChI is InChI=1S/C22H30O3Si/c1-17(2)10-13-21(25-22(23)14-15-24-26(3,4)5)20-12-11-18-8-6-7-9-19(18)16-20/h6-12,16,21H,13-15H2,1-5H3. The van der Waals surface area contributed by atoms with Gasteiger partial charge in [0, 0.05) is 13.0 Å². The summed E-state index contributed by atoms with van der Waals surface area (Å²) in [7, 11) is -1.61. The quantitative estimate of drug-likeness (QED) is 0.324. The Morgan fingerprint density at radius 2 is 1.77 bits per heavy atom. The third kappa shape index (κ3) is 6.77. The van der Waals surface area contributed by atoms with E-state index >= 15 is 0 Å². The minimum absolute atomic E-state index is 0.205. The van der Waals surface area contributed by atoms with Gasteiger partial charge >= 0.3 is 5.97 Å². The van der Waals surface area contributed by atoms with Crippen LogP contribution in [0.3, 0.4) is 0 Å². The van der Waals surface area contributed by atoms with Crippen LogP contribution in [0.15, 0.2) is 54.1 Å². The van der Waals surface area contributed by atoms with Crippen molar-refractivity contribution in [3.8, 4) is 0 Å². The molecule has 0 radical (unpaired) electrons. The third-order valence-electron chi connectivity index (χ3n) is 4.00. The Balaban J connectivity index is 2.11. The van der Waals surface area contributed by atoms with Crippen LogP contribution in [-0.4, -0.2) is 20.9 Å². The van der Waals surface area contributed by atoms with Gasteiger partial charge in [-0.2, -0.15) is 0 Å². The lowest BCUT2D eigenvalue weighted by molar-refractivity contribution is -0.150. The summed E-state index contributed by atoms with van der Waals surface area (Å²) in [4.78, 5) is 12.3. The zero-order chi connectivity index (χ0) is 19.2. The van der Waals surface area contributed by atoms with E-state index in [0.717, 1.165) is 10.9 Å². The van der Waals surface area contributed by atoms with Gasteiger partial charge in [-0.25, -0.2) is 0 Å². The average molecular weight is 371 g/mol. The summed E-state index contributed by atoms with van der Waals surface area (Å²) in [6.45, 7) is 10.9. The molecule has 2 rings (SSSR count). The van der Waals surface area contributed by atoms with Gasteiger partial charge in [0.15, 0.2) is 8.32 Å². The molecule has 1 unspecified atom stereocenters. The van der Waals surface area contributed by atoms with Crippen LogP contribution < -0.4 is 0 Å². The first-order valence-electron chi connectivity index (χ1n) is 9.20. The molecule has 0 aliphatic heterocycles. The first kappa shape index (κ1) is 20.4. The van der Waals surface area contributed by atoms with Gasteiger partial charge in [0.05, 0.1) is 6.42 Å². The summed E-state index contributed by atoms with van der Waals surface area (Å²) in [6.07, 6.45) is 2.82. The first-order chi connectivity index (χ1) is 12.2. The van der Waals surface area contributed by atoms with Crippen LogP contribution in [-0.2, 0) is 14.0 Å². The second kappa shape index (κ2) is 9.15. The molecule has 0 bridgehead atoms. The van der Waals surface area contributed by atoms with Crippen molar-refractivity contribution in [3.05, 3.63) is 59.7 Å². The Labute approximate surface area is 158 Å². The minimum Gasteiger partial charge on any atom is -0.457 e. The lowest BCUT2D eigenvalue weighted by Gasteiger charge is -2.20. The highest BCUT2D eigenvalue weighted by Crippen LogP contribution is 2.27. The van der Waals surface area contributed by atoms with Gasteiger partial charge in [0.2, 0.25) is 0 Å². The monoisotopic (exact) mass is 370 g/mol. The largest absolute Gasteiger partial charge is 0.457 e. The van der Waals surface area contributed by atoms with E-state index in [0.29, 0.717) is 19.4 Å². The molecule has 0 spiro atoms. The number of rotatable bonds is 8. The maximum absolute atomic E-state index is 12.3. The number of benzene rings is 2. The van der Waals surface area contributed by atoms with Crippen molar-refractivity contribution in [3.63, 3.8) is 0 Å². The van der Waals surface area contributed by atoms with Crippen molar-refractivity contribution in [1.82, 2.24) is 0 Å². The van der Waals surface area contributed by atoms with Crippen molar-refractivity contribution in [1.29, 1.82) is 0 Å². The summed E-state index contributed by atoms with van der Waals surface area (Å²) in [6, 6.07) is 14.5. The molecule has 0 amide bonds. The maximum atomic E-state index is 12.3. The van der Waals surface area contributed by atoms with E-state index in [1.165, 1.54) is 11.0 Å². The summed E-state index contributed by atoms with van der Waals surface area (Å²) in [5, 5.41) is 2.34. The number of hydrogen-bond acceptors (Lipinski definition) is 3. The highest BCUT2D eigenvalue weighted by atomic mass is 28.4. The molecule has 0 saturated heterocycles. The molecule has 0 N–H and O–H groups in total. The second-order valence-electron chi connectivity index (χ2n) is 7.81. The van der Waals surface area contributed by atoms with Crippen molar-refractivity contribution in [2.75, 3.05) is 6.61 Å². The number of esters is 1. The number of ether oxygens (including phenoxy) is 1. The highest BCUT2D eigenvalue weighted by Gasteiger charge is 2.18. The van der Waals surface area contributed by atoms with Crippen LogP contribution in [0.5, 0.6) is 0 Å². The van der Waals surface area contributed by atoms with Crippen molar-refractivity contribution in [2.24, 2.45) is 0 Å². The van der Waals surface area contributed by atoms with Crippen LogP contribution >= 0.6 is 0 Å². The lowest BCUT2D eigenvalue weighted by Crippen LogP contribution is -2.27. The van der Waals surface area contributed by atoms with Gasteiger partial charge in [-0.1, -0.05) is 48.0 Å². The SMILES string of the molecule is CC(C)=CCC(OC(=O)CCO[Si](C)(C)C)c1ccc2ccccc2c1. The zero-order valence-corrected chi connectivity index (χ0v) is 17.5. The Hall–Kier alpha value is -1.91. The van der Waals surface area contributed by atoms with Crippen LogP contribution in [0.1, 0.15) is 38.4 Å². The lowest BCUT2D eigenvalue weighted by atomic mass is 10.0. The first-order valence-corrected chi connectivity index (χ1v) is 12.6. The van der Waals surface area contributed by atoms with E-state index in [9.17, 15) is 4.79 Å². The maximum Gasteiger partial charge on any atom is 0.308 e. The Kier molecular flexibility index (Phi) is 7.18. The van der Waals surface area contributed by atoms with E-state index in [2.05, 4.69) is 69.9 Å². The van der Waals surface area contributed by atoms with E-state index < -0.39 is 8.32 Å². The van der Waals surface area contributed by atoms with E-state index in [4.69, 9.17) is 9.16 Å². The Morgan fingerprint density at radius 3 is 2.42 bits per heavy atom. The topological polar surface area (TPSA) is 35.5 Å². The number of allylic oxidation sites excluding steroid dienone is 1. The fraction of sp³-hybridized carbons (Fsp3) is 0.409. The molecule has 26 heavy (non-hydrogen) atoms. The summed E-state index contributed by atoms with van der Waals surface area (Å²) in [5.41, 5.74) is 2.24. The fourth-order valence-corrected chi connectivity index (χ4v) is 3.38. The molecular formula is C22H30O3Si. The van der Waals surface area contributed by atoms with Crippen molar-refractivity contribution >= 4 is 25.1 Å². The van der Waals surface area contributed by atoms with Gasteiger partial charge in [-0.15, -0.1) is 0 Å². The molecule has 2 aromatic carbocycles. The zero-order valence-electron chi connectivity index (χ0n) is 16.5. The molecule has 2 aromatic rings. The Bertz CT molecular complexity index is 770. The van der Waals surface area contributed by atoms with Crippen molar-refractivity contribution < 1.29 is 14.0 Å². The van der Waals surface area contributed by atoms with Gasteiger partial charge in [-0.3, -0.25) is 4.79 Å². The predicted octanol–water partition coefficient (Wildman–Crippen LogP) is 6.02. The molecule has 140 valence electrons. The molecular weight excluding hydrogens is 340 g/mol. The van der Waals surface area contributed by atoms with Crippen LogP contribution in [0.4, 0.5) is 0 Å². The second-order valence-corrected chi connectivity index (χ2v) is 12.3. The molecule has 0 aromatic heterocycles. The summed E-state index contributed by atoms with van der Waals surface area (Å²) < 4.78 is 11.6. The van der Waals surface area contributed by atoms with Crippen LogP contribution in [0.25, 0.3) is 10.8 Å². The summed E-state index contributed by atoms with van der Waals surface area (Å²) in [5.74, 6) is -0.205. The summed E-state index contributed by atoms with van der Waals surface area (Å²) >= 11 is 0. The van der Waals surface area contributed by atoms with Crippen molar-refractivity contribution in [2.45, 2.75) is 52.4 Å². The average Bonchev–Trinajstić information content (AvgIpc) is 2.57. The normalized spacial score (nSPS) is 12.7. The molecule has 0 fully saturated rings. The number of fused-ring (bicyclic) bond motifs is 1. The molecule has 4 heteroatoms. The van der Waals surface area contributed by atoms with Gasteiger partial charge < -0.3 is 9.16 Å². The van der Waals surface area contributed by atoms with E-state index in [-0.39, 0.29) is 12.1 Å². The molecule has 0 aliphatic carbocycles. The van der Waals surface area contributed by atoms with E-state index in [1.54, 1.807) is 0 Å². The van der Waals surface area contributed by atoms with Crippen LogP contribution in [0.2, 0.25) is 19.6 Å². The predicted molar refractivity (Wildman–Crippen MR) is 111 cm³/mol.